The molecule has 1 aromatic carbocycles. The van der Waals surface area contributed by atoms with Gasteiger partial charge in [-0.05, 0) is 37.0 Å². The number of anilines is 1. The largest absolute Gasteiger partial charge is 0.491 e. The maximum absolute atomic E-state index is 5.75. The maximum Gasteiger partial charge on any atom is 0.143 e. The number of hydrogen-bond acceptors (Lipinski definition) is 2. The van der Waals surface area contributed by atoms with E-state index < -0.39 is 0 Å². The number of ether oxygens (including phenoxy) is 1. The van der Waals surface area contributed by atoms with E-state index in [9.17, 15) is 0 Å². The van der Waals surface area contributed by atoms with Crippen LogP contribution < -0.4 is 10.5 Å². The van der Waals surface area contributed by atoms with Gasteiger partial charge in [-0.15, -0.1) is 0 Å². The van der Waals surface area contributed by atoms with Gasteiger partial charge >= 0.3 is 0 Å². The molecule has 1 aliphatic rings. The first kappa shape index (κ1) is 8.88. The van der Waals surface area contributed by atoms with Crippen molar-refractivity contribution in [3.63, 3.8) is 0 Å². The number of nitrogen functional groups attached to an aromatic ring is 1. The Morgan fingerprint density at radius 3 is 2.92 bits per heavy atom. The fraction of sp³-hybridized carbons (Fsp3) is 0.400. The highest BCUT2D eigenvalue weighted by Gasteiger charge is 2.22. The smallest absolute Gasteiger partial charge is 0.143 e. The molecule has 1 fully saturated rings. The van der Waals surface area contributed by atoms with Gasteiger partial charge in [0.2, 0.25) is 0 Å². The van der Waals surface area contributed by atoms with Crippen LogP contribution in [-0.4, -0.2) is 6.61 Å². The van der Waals surface area contributed by atoms with Crippen molar-refractivity contribution < 1.29 is 4.74 Å². The molecular weight excluding hydrogens is 230 g/mol. The van der Waals surface area contributed by atoms with Crippen LogP contribution in [-0.2, 0) is 0 Å². The molecule has 0 spiro atoms. The fourth-order valence-electron chi connectivity index (χ4n) is 1.13. The second-order valence-electron chi connectivity index (χ2n) is 3.44. The van der Waals surface area contributed by atoms with Crippen LogP contribution in [0.4, 0.5) is 5.69 Å². The summed E-state index contributed by atoms with van der Waals surface area (Å²) in [5, 5.41) is 0. The van der Waals surface area contributed by atoms with E-state index in [0.29, 0.717) is 5.69 Å². The second kappa shape index (κ2) is 3.58. The maximum atomic E-state index is 5.75. The SMILES string of the molecule is Nc1ccc(Br)cc1OCC1CC1. The number of hydrogen-bond donors (Lipinski definition) is 1. The Hall–Kier alpha value is -0.700. The average molecular weight is 242 g/mol. The molecule has 0 unspecified atom stereocenters. The summed E-state index contributed by atoms with van der Waals surface area (Å²) in [6, 6.07) is 5.68. The lowest BCUT2D eigenvalue weighted by Crippen LogP contribution is -2.01. The van der Waals surface area contributed by atoms with E-state index in [0.717, 1.165) is 22.7 Å². The molecule has 0 aliphatic heterocycles. The van der Waals surface area contributed by atoms with E-state index in [1.165, 1.54) is 12.8 Å². The van der Waals surface area contributed by atoms with Crippen LogP contribution in [0.1, 0.15) is 12.8 Å². The van der Waals surface area contributed by atoms with Crippen molar-refractivity contribution in [1.29, 1.82) is 0 Å². The van der Waals surface area contributed by atoms with Crippen molar-refractivity contribution in [1.82, 2.24) is 0 Å². The van der Waals surface area contributed by atoms with Gasteiger partial charge in [0.25, 0.3) is 0 Å². The minimum Gasteiger partial charge on any atom is -0.491 e. The molecule has 1 saturated carbocycles. The molecule has 3 heteroatoms. The van der Waals surface area contributed by atoms with E-state index in [4.69, 9.17) is 10.5 Å². The van der Waals surface area contributed by atoms with Crippen LogP contribution in [0.25, 0.3) is 0 Å². The molecule has 0 amide bonds. The monoisotopic (exact) mass is 241 g/mol. The number of benzene rings is 1. The summed E-state index contributed by atoms with van der Waals surface area (Å²) in [7, 11) is 0. The van der Waals surface area contributed by atoms with Gasteiger partial charge in [-0.25, -0.2) is 0 Å². The molecular formula is C10H12BrNO. The summed E-state index contributed by atoms with van der Waals surface area (Å²) >= 11 is 3.38. The Labute approximate surface area is 86.2 Å². The van der Waals surface area contributed by atoms with E-state index in [-0.39, 0.29) is 0 Å². The van der Waals surface area contributed by atoms with Gasteiger partial charge in [0.15, 0.2) is 0 Å². The average Bonchev–Trinajstić information content (AvgIpc) is 2.90. The van der Waals surface area contributed by atoms with Crippen molar-refractivity contribution in [3.05, 3.63) is 22.7 Å². The molecule has 0 radical (unpaired) electrons. The summed E-state index contributed by atoms with van der Waals surface area (Å²) in [6.45, 7) is 0.806. The zero-order valence-electron chi connectivity index (χ0n) is 7.29. The van der Waals surface area contributed by atoms with Crippen LogP contribution in [0, 0.1) is 5.92 Å². The van der Waals surface area contributed by atoms with Gasteiger partial charge < -0.3 is 10.5 Å². The third-order valence-electron chi connectivity index (χ3n) is 2.15. The molecule has 2 nitrogen and oxygen atoms in total. The standard InChI is InChI=1S/C10H12BrNO/c11-8-3-4-9(12)10(5-8)13-6-7-1-2-7/h3-5,7H,1-2,6,12H2. The number of halogens is 1. The fourth-order valence-corrected chi connectivity index (χ4v) is 1.47. The third kappa shape index (κ3) is 2.37. The summed E-state index contributed by atoms with van der Waals surface area (Å²) in [5.74, 6) is 1.56. The molecule has 2 N–H and O–H groups in total. The lowest BCUT2D eigenvalue weighted by molar-refractivity contribution is 0.301. The van der Waals surface area contributed by atoms with E-state index in [1.807, 2.05) is 18.2 Å². The van der Waals surface area contributed by atoms with Gasteiger partial charge in [0, 0.05) is 4.47 Å². The predicted molar refractivity (Wildman–Crippen MR) is 56.8 cm³/mol. The molecule has 0 atom stereocenters. The summed E-state index contributed by atoms with van der Waals surface area (Å²) in [5.41, 5.74) is 6.46. The normalized spacial score (nSPS) is 15.8. The summed E-state index contributed by atoms with van der Waals surface area (Å²) < 4.78 is 6.59. The van der Waals surface area contributed by atoms with Crippen molar-refractivity contribution in [2.24, 2.45) is 5.92 Å². The van der Waals surface area contributed by atoms with Gasteiger partial charge in [0.05, 0.1) is 12.3 Å². The van der Waals surface area contributed by atoms with Crippen LogP contribution >= 0.6 is 15.9 Å². The van der Waals surface area contributed by atoms with Gasteiger partial charge in [-0.2, -0.15) is 0 Å². The molecule has 0 saturated heterocycles. The Bertz CT molecular complexity index is 310. The van der Waals surface area contributed by atoms with E-state index >= 15 is 0 Å². The molecule has 0 heterocycles. The topological polar surface area (TPSA) is 35.2 Å². The van der Waals surface area contributed by atoms with Gasteiger partial charge in [-0.3, -0.25) is 0 Å². The Balaban J connectivity index is 2.03. The van der Waals surface area contributed by atoms with Crippen molar-refractivity contribution in [2.75, 3.05) is 12.3 Å². The molecule has 70 valence electrons. The van der Waals surface area contributed by atoms with E-state index in [1.54, 1.807) is 0 Å². The van der Waals surface area contributed by atoms with Crippen molar-refractivity contribution >= 4 is 21.6 Å². The van der Waals surface area contributed by atoms with Gasteiger partial charge in [-0.1, -0.05) is 15.9 Å². The first-order valence-electron chi connectivity index (χ1n) is 4.43. The Morgan fingerprint density at radius 1 is 1.46 bits per heavy atom. The highest BCUT2D eigenvalue weighted by Crippen LogP contribution is 2.32. The first-order chi connectivity index (χ1) is 6.25. The molecule has 0 bridgehead atoms. The molecule has 13 heavy (non-hydrogen) atoms. The number of rotatable bonds is 3. The Kier molecular flexibility index (Phi) is 2.44. The lowest BCUT2D eigenvalue weighted by atomic mass is 10.3. The van der Waals surface area contributed by atoms with Crippen molar-refractivity contribution in [2.45, 2.75) is 12.8 Å². The van der Waals surface area contributed by atoms with Crippen LogP contribution in [0.3, 0.4) is 0 Å². The van der Waals surface area contributed by atoms with Crippen LogP contribution in [0.2, 0.25) is 0 Å². The molecule has 2 rings (SSSR count). The van der Waals surface area contributed by atoms with Crippen LogP contribution in [0.5, 0.6) is 5.75 Å². The quantitative estimate of drug-likeness (QED) is 0.827. The Morgan fingerprint density at radius 2 is 2.23 bits per heavy atom. The second-order valence-corrected chi connectivity index (χ2v) is 4.35. The third-order valence-corrected chi connectivity index (χ3v) is 2.64. The zero-order chi connectivity index (χ0) is 9.26. The minimum atomic E-state index is 0.712. The summed E-state index contributed by atoms with van der Waals surface area (Å²) in [6.07, 6.45) is 2.60. The molecule has 0 aromatic heterocycles. The summed E-state index contributed by atoms with van der Waals surface area (Å²) in [4.78, 5) is 0. The predicted octanol–water partition coefficient (Wildman–Crippen LogP) is 2.82. The number of nitrogens with two attached hydrogens (primary N) is 1. The molecule has 1 aliphatic carbocycles. The molecule has 1 aromatic rings. The van der Waals surface area contributed by atoms with Gasteiger partial charge in [0.1, 0.15) is 5.75 Å². The highest BCUT2D eigenvalue weighted by atomic mass is 79.9. The zero-order valence-corrected chi connectivity index (χ0v) is 8.88. The highest BCUT2D eigenvalue weighted by molar-refractivity contribution is 9.10. The first-order valence-corrected chi connectivity index (χ1v) is 5.23. The lowest BCUT2D eigenvalue weighted by Gasteiger charge is -2.08. The minimum absolute atomic E-state index is 0.712. The van der Waals surface area contributed by atoms with Crippen LogP contribution in [0.15, 0.2) is 22.7 Å². The van der Waals surface area contributed by atoms with E-state index in [2.05, 4.69) is 15.9 Å². The van der Waals surface area contributed by atoms with Crippen molar-refractivity contribution in [3.8, 4) is 5.75 Å².